The normalized spacial score (nSPS) is 13.2. The summed E-state index contributed by atoms with van der Waals surface area (Å²) >= 11 is 3.22. The molecule has 7 nitrogen and oxygen atoms in total. The van der Waals surface area contributed by atoms with E-state index in [1.807, 2.05) is 11.3 Å². The van der Waals surface area contributed by atoms with Gasteiger partial charge < -0.3 is 14.8 Å². The van der Waals surface area contributed by atoms with E-state index in [-0.39, 0.29) is 17.7 Å². The van der Waals surface area contributed by atoms with Crippen molar-refractivity contribution >= 4 is 34.7 Å². The third kappa shape index (κ3) is 4.63. The Morgan fingerprint density at radius 3 is 2.78 bits per heavy atom. The zero-order valence-electron chi connectivity index (χ0n) is 18.8. The summed E-state index contributed by atoms with van der Waals surface area (Å²) in [6, 6.07) is 5.49. The van der Waals surface area contributed by atoms with Crippen molar-refractivity contribution in [2.24, 2.45) is 0 Å². The molecular formula is C23H28N4O3S2. The second kappa shape index (κ2) is 9.95. The van der Waals surface area contributed by atoms with E-state index < -0.39 is 0 Å². The summed E-state index contributed by atoms with van der Waals surface area (Å²) in [6.07, 6.45) is 4.75. The van der Waals surface area contributed by atoms with E-state index in [0.717, 1.165) is 23.8 Å². The molecule has 1 aliphatic rings. The largest absolute Gasteiger partial charge is 0.497 e. The number of carbonyl (C=O) groups excluding carboxylic acids is 1. The monoisotopic (exact) mass is 472 g/mol. The van der Waals surface area contributed by atoms with Gasteiger partial charge in [-0.3, -0.25) is 9.36 Å². The summed E-state index contributed by atoms with van der Waals surface area (Å²) in [6.45, 7) is 4.24. The van der Waals surface area contributed by atoms with E-state index >= 15 is 0 Å². The Hall–Kier alpha value is -2.52. The number of aryl methyl sites for hydroxylation is 1. The molecule has 0 radical (unpaired) electrons. The van der Waals surface area contributed by atoms with E-state index in [1.54, 1.807) is 32.4 Å². The average Bonchev–Trinajstić information content (AvgIpc) is 3.41. The minimum Gasteiger partial charge on any atom is -0.497 e. The Labute approximate surface area is 196 Å². The number of rotatable bonds is 8. The van der Waals surface area contributed by atoms with E-state index in [0.29, 0.717) is 17.2 Å². The van der Waals surface area contributed by atoms with Crippen LogP contribution in [-0.4, -0.2) is 40.6 Å². The third-order valence-corrected chi connectivity index (χ3v) is 7.53. The number of carbonyl (C=O) groups is 1. The number of thioether (sulfide) groups is 1. The predicted octanol–water partition coefficient (Wildman–Crippen LogP) is 5.21. The molecule has 0 bridgehead atoms. The lowest BCUT2D eigenvalue weighted by Gasteiger charge is -2.16. The van der Waals surface area contributed by atoms with Gasteiger partial charge in [-0.1, -0.05) is 11.8 Å². The van der Waals surface area contributed by atoms with Crippen molar-refractivity contribution in [3.8, 4) is 22.9 Å². The molecule has 4 rings (SSSR count). The predicted molar refractivity (Wildman–Crippen MR) is 129 cm³/mol. The van der Waals surface area contributed by atoms with Gasteiger partial charge in [0.25, 0.3) is 0 Å². The lowest BCUT2D eigenvalue weighted by Crippen LogP contribution is -2.15. The highest BCUT2D eigenvalue weighted by Gasteiger charge is 2.24. The van der Waals surface area contributed by atoms with Gasteiger partial charge in [0.05, 0.1) is 25.7 Å². The van der Waals surface area contributed by atoms with Crippen molar-refractivity contribution in [1.29, 1.82) is 0 Å². The Kier molecular flexibility index (Phi) is 7.05. The van der Waals surface area contributed by atoms with E-state index in [2.05, 4.69) is 39.3 Å². The number of hydrogen-bond donors (Lipinski definition) is 1. The lowest BCUT2D eigenvalue weighted by atomic mass is 9.95. The molecule has 9 heteroatoms. The zero-order chi connectivity index (χ0) is 22.7. The maximum Gasteiger partial charge on any atom is 0.234 e. The van der Waals surface area contributed by atoms with Crippen molar-refractivity contribution in [2.45, 2.75) is 50.7 Å². The fourth-order valence-electron chi connectivity index (χ4n) is 3.93. The number of hydrogen-bond acceptors (Lipinski definition) is 7. The summed E-state index contributed by atoms with van der Waals surface area (Å²) < 4.78 is 12.7. The summed E-state index contributed by atoms with van der Waals surface area (Å²) in [5.41, 5.74) is 3.20. The first-order valence-electron chi connectivity index (χ1n) is 10.7. The van der Waals surface area contributed by atoms with Crippen LogP contribution in [0, 0.1) is 0 Å². The van der Waals surface area contributed by atoms with Crippen LogP contribution in [0.1, 0.15) is 43.2 Å². The van der Waals surface area contributed by atoms with E-state index in [1.165, 1.54) is 40.6 Å². The van der Waals surface area contributed by atoms with Crippen LogP contribution in [0.3, 0.4) is 0 Å². The first kappa shape index (κ1) is 22.7. The minimum absolute atomic E-state index is 0.144. The maximum atomic E-state index is 12.7. The first-order valence-corrected chi connectivity index (χ1v) is 12.6. The van der Waals surface area contributed by atoms with E-state index in [4.69, 9.17) is 9.47 Å². The van der Waals surface area contributed by atoms with Crippen molar-refractivity contribution in [2.75, 3.05) is 25.3 Å². The van der Waals surface area contributed by atoms with Crippen LogP contribution in [0.15, 0.2) is 28.7 Å². The zero-order valence-corrected chi connectivity index (χ0v) is 20.4. The van der Waals surface area contributed by atoms with Gasteiger partial charge in [0.2, 0.25) is 5.91 Å². The molecular weight excluding hydrogens is 444 g/mol. The smallest absolute Gasteiger partial charge is 0.234 e. The fraction of sp³-hybridized carbons (Fsp3) is 0.435. The van der Waals surface area contributed by atoms with Crippen LogP contribution in [0.2, 0.25) is 0 Å². The first-order chi connectivity index (χ1) is 15.5. The minimum atomic E-state index is -0.144. The van der Waals surface area contributed by atoms with Gasteiger partial charge in [0.1, 0.15) is 11.5 Å². The molecule has 1 amide bonds. The molecule has 1 aromatic carbocycles. The molecule has 0 spiro atoms. The highest BCUT2D eigenvalue weighted by atomic mass is 32.2. The number of methoxy groups -OCH3 is 2. The van der Waals surface area contributed by atoms with Crippen LogP contribution >= 0.6 is 23.1 Å². The lowest BCUT2D eigenvalue weighted by molar-refractivity contribution is -0.113. The van der Waals surface area contributed by atoms with Gasteiger partial charge in [-0.2, -0.15) is 0 Å². The highest BCUT2D eigenvalue weighted by molar-refractivity contribution is 7.99. The maximum absolute atomic E-state index is 12.7. The van der Waals surface area contributed by atoms with Crippen molar-refractivity contribution in [3.05, 3.63) is 34.0 Å². The van der Waals surface area contributed by atoms with Gasteiger partial charge in [-0.15, -0.1) is 21.5 Å². The molecule has 32 heavy (non-hydrogen) atoms. The van der Waals surface area contributed by atoms with Crippen LogP contribution in [0.25, 0.3) is 11.4 Å². The van der Waals surface area contributed by atoms with Gasteiger partial charge >= 0.3 is 0 Å². The van der Waals surface area contributed by atoms with E-state index in [9.17, 15) is 4.79 Å². The van der Waals surface area contributed by atoms with Crippen molar-refractivity contribution < 1.29 is 14.3 Å². The Balaban J connectivity index is 1.51. The number of benzene rings is 1. The summed E-state index contributed by atoms with van der Waals surface area (Å²) in [5, 5.41) is 14.8. The Morgan fingerprint density at radius 2 is 2.03 bits per heavy atom. The highest BCUT2D eigenvalue weighted by Crippen LogP contribution is 2.38. The number of anilines is 1. The standard InChI is InChI=1S/C23H28N4O3S2/c1-14(2)27-22(17-12-31-20-8-6-5-7-16(17)20)25-26-23(27)32-13-21(28)24-18-11-15(29-3)9-10-19(18)30-4/h9-12,14H,5-8,13H2,1-4H3,(H,24,28). The van der Waals surface area contributed by atoms with Crippen molar-refractivity contribution in [3.63, 3.8) is 0 Å². The third-order valence-electron chi connectivity index (χ3n) is 5.50. The number of aromatic nitrogens is 3. The fourth-order valence-corrected chi connectivity index (χ4v) is 5.93. The van der Waals surface area contributed by atoms with Gasteiger partial charge in [0, 0.05) is 27.9 Å². The van der Waals surface area contributed by atoms with Gasteiger partial charge in [0.15, 0.2) is 11.0 Å². The SMILES string of the molecule is COc1ccc(OC)c(NC(=O)CSc2nnc(-c3csc4c3CCCC4)n2C(C)C)c1. The number of ether oxygens (including phenoxy) is 2. The molecule has 170 valence electrons. The molecule has 2 aromatic heterocycles. The molecule has 0 saturated carbocycles. The molecule has 3 aromatic rings. The summed E-state index contributed by atoms with van der Waals surface area (Å²) in [4.78, 5) is 14.2. The summed E-state index contributed by atoms with van der Waals surface area (Å²) in [5.74, 6) is 2.20. The Morgan fingerprint density at radius 1 is 1.22 bits per heavy atom. The quantitative estimate of drug-likeness (QED) is 0.453. The molecule has 0 unspecified atom stereocenters. The van der Waals surface area contributed by atoms with Crippen LogP contribution < -0.4 is 14.8 Å². The number of nitrogens with zero attached hydrogens (tertiary/aromatic N) is 3. The molecule has 1 aliphatic carbocycles. The second-order valence-corrected chi connectivity index (χ2v) is 9.84. The number of amides is 1. The van der Waals surface area contributed by atoms with Gasteiger partial charge in [-0.25, -0.2) is 0 Å². The molecule has 0 fully saturated rings. The molecule has 1 N–H and O–H groups in total. The van der Waals surface area contributed by atoms with Crippen LogP contribution in [0.4, 0.5) is 5.69 Å². The second-order valence-electron chi connectivity index (χ2n) is 7.93. The Bertz CT molecular complexity index is 1110. The average molecular weight is 473 g/mol. The summed E-state index contributed by atoms with van der Waals surface area (Å²) in [7, 11) is 3.16. The molecule has 0 atom stereocenters. The van der Waals surface area contributed by atoms with Gasteiger partial charge in [-0.05, 0) is 57.2 Å². The van der Waals surface area contributed by atoms with Crippen LogP contribution in [0.5, 0.6) is 11.5 Å². The topological polar surface area (TPSA) is 78.3 Å². The van der Waals surface area contributed by atoms with Crippen molar-refractivity contribution in [1.82, 2.24) is 14.8 Å². The molecule has 0 saturated heterocycles. The van der Waals surface area contributed by atoms with Crippen LogP contribution in [-0.2, 0) is 17.6 Å². The molecule has 2 heterocycles. The molecule has 0 aliphatic heterocycles. The number of thiophene rings is 1. The number of nitrogens with one attached hydrogen (secondary N) is 1. The number of fused-ring (bicyclic) bond motifs is 1.